The monoisotopic (exact) mass is 256 g/mol. The SMILES string of the molecule is C[NH+]1CCC[NH+](Cc2ccc3ccccc3c2)CC1. The standard InChI is InChI=1S/C17H22N2/c1-18-9-4-10-19(12-11-18)14-15-7-8-16-5-2-3-6-17(16)13-15/h2-3,5-8,13H,4,9-12,14H2,1H3/p+2. The Hall–Kier alpha value is -1.38. The van der Waals surface area contributed by atoms with Crippen LogP contribution in [0.4, 0.5) is 0 Å². The van der Waals surface area contributed by atoms with Gasteiger partial charge in [0.05, 0.1) is 20.1 Å². The van der Waals surface area contributed by atoms with Crippen molar-refractivity contribution in [2.75, 3.05) is 33.2 Å². The van der Waals surface area contributed by atoms with Crippen LogP contribution in [0.3, 0.4) is 0 Å². The first-order valence-electron chi connectivity index (χ1n) is 7.44. The van der Waals surface area contributed by atoms with E-state index in [1.54, 1.807) is 9.80 Å². The molecule has 2 unspecified atom stereocenters. The minimum Gasteiger partial charge on any atom is -0.333 e. The van der Waals surface area contributed by atoms with Crippen LogP contribution in [-0.4, -0.2) is 33.2 Å². The molecule has 1 aliphatic rings. The van der Waals surface area contributed by atoms with Crippen LogP contribution in [0, 0.1) is 0 Å². The van der Waals surface area contributed by atoms with Crippen LogP contribution < -0.4 is 9.80 Å². The molecule has 2 heteroatoms. The van der Waals surface area contributed by atoms with Gasteiger partial charge in [0.25, 0.3) is 0 Å². The van der Waals surface area contributed by atoms with Gasteiger partial charge in [-0.15, -0.1) is 0 Å². The van der Waals surface area contributed by atoms with Crippen molar-refractivity contribution < 1.29 is 9.80 Å². The van der Waals surface area contributed by atoms with Crippen LogP contribution in [-0.2, 0) is 6.54 Å². The third kappa shape index (κ3) is 3.14. The second-order valence-electron chi connectivity index (χ2n) is 5.92. The van der Waals surface area contributed by atoms with Gasteiger partial charge in [-0.1, -0.05) is 36.4 Å². The summed E-state index contributed by atoms with van der Waals surface area (Å²) in [4.78, 5) is 3.43. The largest absolute Gasteiger partial charge is 0.333 e. The van der Waals surface area contributed by atoms with E-state index in [1.165, 1.54) is 55.5 Å². The Morgan fingerprint density at radius 1 is 0.895 bits per heavy atom. The molecule has 0 radical (unpaired) electrons. The van der Waals surface area contributed by atoms with E-state index < -0.39 is 0 Å². The molecular formula is C17H24N2+2. The molecule has 0 bridgehead atoms. The highest BCUT2D eigenvalue weighted by atomic mass is 15.2. The third-order valence-corrected chi connectivity index (χ3v) is 4.31. The summed E-state index contributed by atoms with van der Waals surface area (Å²) in [7, 11) is 2.32. The molecule has 2 nitrogen and oxygen atoms in total. The van der Waals surface area contributed by atoms with E-state index in [1.807, 2.05) is 0 Å². The first-order chi connectivity index (χ1) is 9.31. The smallest absolute Gasteiger partial charge is 0.127 e. The molecular weight excluding hydrogens is 232 g/mol. The zero-order valence-corrected chi connectivity index (χ0v) is 11.8. The Bertz CT molecular complexity index is 550. The lowest BCUT2D eigenvalue weighted by Crippen LogP contribution is -3.15. The quantitative estimate of drug-likeness (QED) is 0.756. The van der Waals surface area contributed by atoms with Gasteiger partial charge < -0.3 is 9.80 Å². The van der Waals surface area contributed by atoms with Gasteiger partial charge in [-0.05, 0) is 16.8 Å². The lowest BCUT2D eigenvalue weighted by atomic mass is 10.1. The van der Waals surface area contributed by atoms with Gasteiger partial charge in [0, 0.05) is 12.0 Å². The number of likely N-dealkylation sites (N-methyl/N-ethyl adjacent to an activating group) is 1. The molecule has 1 saturated heterocycles. The maximum atomic E-state index is 2.36. The van der Waals surface area contributed by atoms with E-state index in [0.717, 1.165) is 0 Å². The van der Waals surface area contributed by atoms with Gasteiger partial charge in [0.1, 0.15) is 19.6 Å². The lowest BCUT2D eigenvalue weighted by molar-refractivity contribution is -0.938. The van der Waals surface area contributed by atoms with Crippen LogP contribution in [0.25, 0.3) is 10.8 Å². The van der Waals surface area contributed by atoms with Crippen molar-refractivity contribution in [2.45, 2.75) is 13.0 Å². The molecule has 100 valence electrons. The van der Waals surface area contributed by atoms with Crippen LogP contribution in [0.15, 0.2) is 42.5 Å². The van der Waals surface area contributed by atoms with E-state index in [-0.39, 0.29) is 0 Å². The van der Waals surface area contributed by atoms with E-state index in [2.05, 4.69) is 49.5 Å². The highest BCUT2D eigenvalue weighted by Gasteiger charge is 2.17. The number of fused-ring (bicyclic) bond motifs is 1. The Kier molecular flexibility index (Phi) is 3.81. The molecule has 0 amide bonds. The molecule has 1 aliphatic heterocycles. The maximum absolute atomic E-state index is 2.36. The summed E-state index contributed by atoms with van der Waals surface area (Å²) in [5, 5.41) is 2.72. The topological polar surface area (TPSA) is 8.88 Å². The van der Waals surface area contributed by atoms with Crippen molar-refractivity contribution >= 4 is 10.8 Å². The Morgan fingerprint density at radius 3 is 2.63 bits per heavy atom. The fourth-order valence-electron chi connectivity index (χ4n) is 3.09. The second-order valence-corrected chi connectivity index (χ2v) is 5.92. The van der Waals surface area contributed by atoms with Gasteiger partial charge in [0.2, 0.25) is 0 Å². The summed E-state index contributed by atoms with van der Waals surface area (Å²) in [6.07, 6.45) is 1.36. The molecule has 0 aliphatic carbocycles. The van der Waals surface area contributed by atoms with Gasteiger partial charge >= 0.3 is 0 Å². The Morgan fingerprint density at radius 2 is 1.74 bits per heavy atom. The Balaban J connectivity index is 1.73. The first kappa shape index (κ1) is 12.6. The second kappa shape index (κ2) is 5.72. The van der Waals surface area contributed by atoms with Crippen molar-refractivity contribution in [3.63, 3.8) is 0 Å². The van der Waals surface area contributed by atoms with Gasteiger partial charge in [-0.2, -0.15) is 0 Å². The average molecular weight is 256 g/mol. The third-order valence-electron chi connectivity index (χ3n) is 4.31. The zero-order chi connectivity index (χ0) is 13.1. The van der Waals surface area contributed by atoms with Crippen LogP contribution in [0.2, 0.25) is 0 Å². The van der Waals surface area contributed by atoms with Crippen molar-refractivity contribution in [1.29, 1.82) is 0 Å². The van der Waals surface area contributed by atoms with Gasteiger partial charge in [-0.3, -0.25) is 0 Å². The molecule has 0 spiro atoms. The first-order valence-corrected chi connectivity index (χ1v) is 7.44. The molecule has 1 fully saturated rings. The molecule has 2 N–H and O–H groups in total. The van der Waals surface area contributed by atoms with Crippen LogP contribution in [0.1, 0.15) is 12.0 Å². The summed E-state index contributed by atoms with van der Waals surface area (Å²) in [6, 6.07) is 15.6. The number of benzene rings is 2. The van der Waals surface area contributed by atoms with Crippen LogP contribution >= 0.6 is 0 Å². The summed E-state index contributed by atoms with van der Waals surface area (Å²) in [6.45, 7) is 6.45. The van der Waals surface area contributed by atoms with Crippen molar-refractivity contribution in [3.05, 3.63) is 48.0 Å². The summed E-state index contributed by atoms with van der Waals surface area (Å²) >= 11 is 0. The Labute approximate surface area is 115 Å². The maximum Gasteiger partial charge on any atom is 0.127 e. The van der Waals surface area contributed by atoms with E-state index >= 15 is 0 Å². The highest BCUT2D eigenvalue weighted by Crippen LogP contribution is 2.14. The molecule has 2 atom stereocenters. The van der Waals surface area contributed by atoms with Crippen molar-refractivity contribution in [1.82, 2.24) is 0 Å². The number of quaternary nitrogens is 2. The fourth-order valence-corrected chi connectivity index (χ4v) is 3.09. The molecule has 2 aromatic rings. The normalized spacial score (nSPS) is 24.3. The van der Waals surface area contributed by atoms with E-state index in [4.69, 9.17) is 0 Å². The predicted molar refractivity (Wildman–Crippen MR) is 79.6 cm³/mol. The molecule has 2 aromatic carbocycles. The van der Waals surface area contributed by atoms with Crippen molar-refractivity contribution in [3.8, 4) is 0 Å². The molecule has 1 heterocycles. The van der Waals surface area contributed by atoms with E-state index in [9.17, 15) is 0 Å². The summed E-state index contributed by atoms with van der Waals surface area (Å²) < 4.78 is 0. The summed E-state index contributed by atoms with van der Waals surface area (Å²) in [5.41, 5.74) is 1.48. The number of nitrogens with one attached hydrogen (secondary N) is 2. The van der Waals surface area contributed by atoms with Crippen LogP contribution in [0.5, 0.6) is 0 Å². The minimum atomic E-state index is 1.18. The molecule has 19 heavy (non-hydrogen) atoms. The van der Waals surface area contributed by atoms with E-state index in [0.29, 0.717) is 0 Å². The highest BCUT2D eigenvalue weighted by molar-refractivity contribution is 5.82. The minimum absolute atomic E-state index is 1.18. The zero-order valence-electron chi connectivity index (χ0n) is 11.8. The van der Waals surface area contributed by atoms with Gasteiger partial charge in [-0.25, -0.2) is 0 Å². The van der Waals surface area contributed by atoms with Crippen molar-refractivity contribution in [2.24, 2.45) is 0 Å². The van der Waals surface area contributed by atoms with Gasteiger partial charge in [0.15, 0.2) is 0 Å². The number of hydrogen-bond donors (Lipinski definition) is 2. The number of hydrogen-bond acceptors (Lipinski definition) is 0. The average Bonchev–Trinajstić information content (AvgIpc) is 2.64. The summed E-state index contributed by atoms with van der Waals surface area (Å²) in [5.74, 6) is 0. The fraction of sp³-hybridized carbons (Fsp3) is 0.412. The molecule has 0 aromatic heterocycles. The molecule has 3 rings (SSSR count). The number of rotatable bonds is 2. The molecule has 0 saturated carbocycles. The lowest BCUT2D eigenvalue weighted by Gasteiger charge is -2.16. The predicted octanol–water partition coefficient (Wildman–Crippen LogP) is 0.143.